The highest BCUT2D eigenvalue weighted by Gasteiger charge is 2.51. The molecule has 0 radical (unpaired) electrons. The van der Waals surface area contributed by atoms with Gasteiger partial charge in [0.1, 0.15) is 23.3 Å². The minimum atomic E-state index is -0.544. The molecule has 130 valence electrons. The van der Waals surface area contributed by atoms with Gasteiger partial charge in [-0.3, -0.25) is 0 Å². The summed E-state index contributed by atoms with van der Waals surface area (Å²) in [6.07, 6.45) is 0. The van der Waals surface area contributed by atoms with E-state index < -0.39 is 22.7 Å². The maximum absolute atomic E-state index is 13.6. The fourth-order valence-electron chi connectivity index (χ4n) is 2.77. The van der Waals surface area contributed by atoms with Gasteiger partial charge in [-0.1, -0.05) is 23.2 Å². The first-order valence-electron chi connectivity index (χ1n) is 6.87. The van der Waals surface area contributed by atoms with E-state index in [0.29, 0.717) is 15.8 Å². The summed E-state index contributed by atoms with van der Waals surface area (Å²) < 4.78 is 27.0. The quantitative estimate of drug-likeness (QED) is 0.432. The smallest absolute Gasteiger partial charge is 0.317 e. The maximum Gasteiger partial charge on any atom is 0.317 e. The summed E-state index contributed by atoms with van der Waals surface area (Å²) in [6, 6.07) is 7.64. The van der Waals surface area contributed by atoms with Gasteiger partial charge >= 0.3 is 5.29 Å². The van der Waals surface area contributed by atoms with Gasteiger partial charge < -0.3 is 5.11 Å². The number of aliphatic hydroxyl groups excluding tert-OH is 1. The Hall–Kier alpha value is -1.02. The number of benzene rings is 2. The molecule has 2 aromatic rings. The molecule has 1 aliphatic rings. The summed E-state index contributed by atoms with van der Waals surface area (Å²) in [5, 5.41) is 9.88. The average molecular weight is 470 g/mol. The van der Waals surface area contributed by atoms with Crippen molar-refractivity contribution in [1.82, 2.24) is 4.48 Å². The van der Waals surface area contributed by atoms with E-state index in [2.05, 4.69) is 20.9 Å². The molecule has 0 saturated heterocycles. The second-order valence-corrected chi connectivity index (χ2v) is 7.10. The molecule has 0 fully saturated rings. The Morgan fingerprint density at radius 2 is 1.60 bits per heavy atom. The highest BCUT2D eigenvalue weighted by atomic mass is 79.9. The summed E-state index contributed by atoms with van der Waals surface area (Å²) >= 11 is 22.1. The molecule has 0 spiro atoms. The van der Waals surface area contributed by atoms with Crippen LogP contribution in [0.25, 0.3) is 0 Å². The molecule has 0 aromatic heterocycles. The van der Waals surface area contributed by atoms with Crippen LogP contribution in [0.15, 0.2) is 56.7 Å². The molecular weight excluding hydrogens is 460 g/mol. The van der Waals surface area contributed by atoms with Gasteiger partial charge in [0.2, 0.25) is 0 Å². The molecule has 1 unspecified atom stereocenters. The first kappa shape index (κ1) is 18.8. The third-order valence-electron chi connectivity index (χ3n) is 3.80. The number of aliphatic imine (C=N–C) groups is 1. The van der Waals surface area contributed by atoms with Gasteiger partial charge in [-0.25, -0.2) is 8.78 Å². The molecule has 0 bridgehead atoms. The van der Waals surface area contributed by atoms with Crippen molar-refractivity contribution in [3.63, 3.8) is 0 Å². The zero-order chi connectivity index (χ0) is 18.4. The minimum absolute atomic E-state index is 0.0240. The Morgan fingerprint density at radius 1 is 1.00 bits per heavy atom. The third-order valence-corrected chi connectivity index (χ3v) is 5.38. The Labute approximate surface area is 165 Å². The van der Waals surface area contributed by atoms with Crippen LogP contribution >= 0.6 is 50.7 Å². The Kier molecular flexibility index (Phi) is 5.21. The summed E-state index contributed by atoms with van der Waals surface area (Å²) in [4.78, 5) is 4.05. The molecule has 3 nitrogen and oxygen atoms in total. The van der Waals surface area contributed by atoms with Crippen LogP contribution in [0.1, 0.15) is 0 Å². The van der Waals surface area contributed by atoms with Crippen LogP contribution in [-0.2, 0) is 0 Å². The van der Waals surface area contributed by atoms with Crippen molar-refractivity contribution >= 4 is 67.4 Å². The summed E-state index contributed by atoms with van der Waals surface area (Å²) in [5.41, 5.74) is 0.916. The number of nitrogens with zero attached hydrogens (tertiary/aromatic N) is 2. The van der Waals surface area contributed by atoms with Crippen molar-refractivity contribution in [3.8, 4) is 0 Å². The normalized spacial score (nSPS) is 20.2. The van der Waals surface area contributed by atoms with Gasteiger partial charge in [0, 0.05) is 23.7 Å². The fraction of sp³-hybridized carbons (Fsp3) is 0.0625. The van der Waals surface area contributed by atoms with Crippen LogP contribution in [0.5, 0.6) is 0 Å². The van der Waals surface area contributed by atoms with Gasteiger partial charge in [-0.05, 0) is 40.2 Å². The van der Waals surface area contributed by atoms with Gasteiger partial charge in [0.25, 0.3) is 0 Å². The number of rotatable bonds is 3. The molecule has 0 amide bonds. The van der Waals surface area contributed by atoms with Crippen LogP contribution in [0.2, 0.25) is 5.02 Å². The van der Waals surface area contributed by atoms with Crippen molar-refractivity contribution in [2.75, 3.05) is 6.61 Å². The highest BCUT2D eigenvalue weighted by molar-refractivity contribution is 9.10. The van der Waals surface area contributed by atoms with Crippen LogP contribution in [-0.4, -0.2) is 17.0 Å². The van der Waals surface area contributed by atoms with E-state index in [9.17, 15) is 13.9 Å². The predicted octanol–water partition coefficient (Wildman–Crippen LogP) is 6.03. The van der Waals surface area contributed by atoms with Crippen LogP contribution in [0, 0.1) is 11.6 Å². The van der Waals surface area contributed by atoms with Crippen molar-refractivity contribution in [2.24, 2.45) is 4.99 Å². The van der Waals surface area contributed by atoms with Crippen molar-refractivity contribution in [1.29, 1.82) is 0 Å². The molecule has 1 atom stereocenters. The Bertz CT molecular complexity index is 882. The van der Waals surface area contributed by atoms with Crippen LogP contribution in [0.4, 0.5) is 20.2 Å². The highest BCUT2D eigenvalue weighted by Crippen LogP contribution is 2.51. The van der Waals surface area contributed by atoms with Crippen molar-refractivity contribution in [3.05, 3.63) is 68.4 Å². The standard InChI is InChI=1S/C16H9BrCl3F2N2O/c17-10-5-8(21)1-3-12(10)24(13-4-2-9(22)6-11(13)18)14(7-25)15(19)23-16(24)20/h1-6,25H,7H2/q+1. The number of quaternary nitrogens is 1. The molecule has 25 heavy (non-hydrogen) atoms. The predicted molar refractivity (Wildman–Crippen MR) is 100 cm³/mol. The molecule has 1 aliphatic heterocycles. The van der Waals surface area contributed by atoms with E-state index in [1.807, 2.05) is 0 Å². The topological polar surface area (TPSA) is 32.6 Å². The first-order valence-corrected chi connectivity index (χ1v) is 8.80. The van der Waals surface area contributed by atoms with Crippen molar-refractivity contribution in [2.45, 2.75) is 0 Å². The lowest BCUT2D eigenvalue weighted by molar-refractivity contribution is 0.311. The monoisotopic (exact) mass is 467 g/mol. The van der Waals surface area contributed by atoms with E-state index >= 15 is 0 Å². The lowest BCUT2D eigenvalue weighted by atomic mass is 10.1. The average Bonchev–Trinajstić information content (AvgIpc) is 2.78. The lowest BCUT2D eigenvalue weighted by Crippen LogP contribution is -2.46. The molecule has 2 aromatic carbocycles. The SMILES string of the molecule is OCC1=C(Cl)N=C(Cl)[N+]1(c1ccc(F)cc1Cl)c1ccc(F)cc1Br. The third kappa shape index (κ3) is 2.91. The molecule has 9 heteroatoms. The number of hydrogen-bond donors (Lipinski definition) is 1. The van der Waals surface area contributed by atoms with E-state index in [0.717, 1.165) is 6.07 Å². The van der Waals surface area contributed by atoms with Crippen molar-refractivity contribution < 1.29 is 13.9 Å². The van der Waals surface area contributed by atoms with Crippen LogP contribution < -0.4 is 4.48 Å². The summed E-state index contributed by atoms with van der Waals surface area (Å²) in [7, 11) is 0. The fourth-order valence-corrected chi connectivity index (χ4v) is 4.36. The molecule has 1 heterocycles. The number of halogens is 6. The molecule has 0 saturated carbocycles. The van der Waals surface area contributed by atoms with E-state index in [-0.39, 0.29) is 21.2 Å². The van der Waals surface area contributed by atoms with Gasteiger partial charge in [-0.2, -0.15) is 9.48 Å². The van der Waals surface area contributed by atoms with Gasteiger partial charge in [0.15, 0.2) is 22.2 Å². The van der Waals surface area contributed by atoms with Crippen LogP contribution in [0.3, 0.4) is 0 Å². The van der Waals surface area contributed by atoms with E-state index in [1.165, 1.54) is 30.3 Å². The Balaban J connectivity index is 2.44. The summed E-state index contributed by atoms with van der Waals surface area (Å²) in [5.74, 6) is -1.02. The maximum atomic E-state index is 13.6. The number of amidine groups is 1. The van der Waals surface area contributed by atoms with E-state index in [4.69, 9.17) is 34.8 Å². The molecule has 0 aliphatic carbocycles. The van der Waals surface area contributed by atoms with Gasteiger partial charge in [-0.15, -0.1) is 0 Å². The van der Waals surface area contributed by atoms with Gasteiger partial charge in [0.05, 0.1) is 4.47 Å². The number of hydrogen-bond acceptors (Lipinski definition) is 2. The first-order chi connectivity index (χ1) is 11.8. The zero-order valence-corrected chi connectivity index (χ0v) is 16.1. The number of aliphatic hydroxyl groups is 1. The van der Waals surface area contributed by atoms with E-state index in [1.54, 1.807) is 0 Å². The second kappa shape index (κ2) is 6.95. The zero-order valence-electron chi connectivity index (χ0n) is 12.3. The minimum Gasteiger partial charge on any atom is -0.386 e. The lowest BCUT2D eigenvalue weighted by Gasteiger charge is -2.34. The molecular formula is C16H9BrCl3F2N2O+. The second-order valence-electron chi connectivity index (χ2n) is 5.14. The molecule has 3 rings (SSSR count). The summed E-state index contributed by atoms with van der Waals surface area (Å²) in [6.45, 7) is -0.504. The Morgan fingerprint density at radius 3 is 2.16 bits per heavy atom. The largest absolute Gasteiger partial charge is 0.386 e. The molecule has 1 N–H and O–H groups in total.